The smallest absolute Gasteiger partial charge is 0.294 e. The van der Waals surface area contributed by atoms with E-state index in [9.17, 15) is 18.8 Å². The van der Waals surface area contributed by atoms with Crippen LogP contribution in [-0.4, -0.2) is 40.9 Å². The summed E-state index contributed by atoms with van der Waals surface area (Å²) in [6.45, 7) is 4.34. The van der Waals surface area contributed by atoms with Gasteiger partial charge < -0.3 is 19.9 Å². The lowest BCUT2D eigenvalue weighted by Crippen LogP contribution is -2.51. The summed E-state index contributed by atoms with van der Waals surface area (Å²) in [6, 6.07) is 5.24. The van der Waals surface area contributed by atoms with E-state index in [4.69, 9.17) is 21.6 Å². The maximum Gasteiger partial charge on any atom is 0.294 e. The fourth-order valence-corrected chi connectivity index (χ4v) is 3.96. The van der Waals surface area contributed by atoms with Gasteiger partial charge in [0.1, 0.15) is 17.0 Å². The Kier molecular flexibility index (Phi) is 6.67. The standard InChI is InChI=1S/C22H22ClFN4O4/c1-12-16(20(30)26-14-4-5-15(24)13(10-14)11-25)19(23)28(3)17(12)18(29)21(31)27-22(2)6-8-32-9-7-22/h4-5,10H,6-9H2,1-3H3,(H,26,30)(H,27,31). The van der Waals surface area contributed by atoms with Crippen molar-refractivity contribution in [3.8, 4) is 6.07 Å². The van der Waals surface area contributed by atoms with Gasteiger partial charge in [0, 0.05) is 31.5 Å². The van der Waals surface area contributed by atoms with Crippen LogP contribution in [0.4, 0.5) is 10.1 Å². The number of aromatic nitrogens is 1. The summed E-state index contributed by atoms with van der Waals surface area (Å²) in [5.74, 6) is -2.97. The zero-order valence-corrected chi connectivity index (χ0v) is 18.6. The first-order chi connectivity index (χ1) is 15.1. The Morgan fingerprint density at radius 2 is 1.94 bits per heavy atom. The van der Waals surface area contributed by atoms with Crippen LogP contribution >= 0.6 is 11.6 Å². The van der Waals surface area contributed by atoms with Crippen molar-refractivity contribution < 1.29 is 23.5 Å². The highest BCUT2D eigenvalue weighted by Crippen LogP contribution is 2.28. The number of rotatable bonds is 5. The SMILES string of the molecule is Cc1c(C(=O)Nc2ccc(F)c(C#N)c2)c(Cl)n(C)c1C(=O)C(=O)NC1(C)CCOCC1. The molecule has 0 saturated carbocycles. The summed E-state index contributed by atoms with van der Waals surface area (Å²) < 4.78 is 20.1. The van der Waals surface area contributed by atoms with Gasteiger partial charge in [-0.15, -0.1) is 0 Å². The van der Waals surface area contributed by atoms with Crippen LogP contribution in [-0.2, 0) is 16.6 Å². The summed E-state index contributed by atoms with van der Waals surface area (Å²) in [5.41, 5.74) is -0.377. The molecule has 1 aliphatic rings. The molecule has 1 aromatic heterocycles. The van der Waals surface area contributed by atoms with Crippen LogP contribution in [0.15, 0.2) is 18.2 Å². The van der Waals surface area contributed by atoms with Gasteiger partial charge in [0.15, 0.2) is 0 Å². The van der Waals surface area contributed by atoms with E-state index in [1.54, 1.807) is 6.07 Å². The Labute approximate surface area is 189 Å². The molecule has 0 spiro atoms. The Hall–Kier alpha value is -3.22. The minimum absolute atomic E-state index is 0.00503. The van der Waals surface area contributed by atoms with Gasteiger partial charge in [-0.05, 0) is 50.5 Å². The molecule has 168 valence electrons. The van der Waals surface area contributed by atoms with E-state index in [0.717, 1.165) is 6.07 Å². The summed E-state index contributed by atoms with van der Waals surface area (Å²) in [7, 11) is 1.48. The molecule has 0 radical (unpaired) electrons. The number of ether oxygens (including phenoxy) is 1. The predicted octanol–water partition coefficient (Wildman–Crippen LogP) is 3.12. The number of amides is 2. The molecule has 10 heteroatoms. The molecule has 8 nitrogen and oxygen atoms in total. The second-order valence-electron chi connectivity index (χ2n) is 7.92. The van der Waals surface area contributed by atoms with Crippen LogP contribution in [0.1, 0.15) is 51.7 Å². The molecule has 1 saturated heterocycles. The van der Waals surface area contributed by atoms with Crippen molar-refractivity contribution in [3.05, 3.63) is 51.6 Å². The molecule has 2 heterocycles. The minimum Gasteiger partial charge on any atom is -0.381 e. The second-order valence-corrected chi connectivity index (χ2v) is 8.27. The van der Waals surface area contributed by atoms with Gasteiger partial charge in [-0.3, -0.25) is 14.4 Å². The molecule has 1 fully saturated rings. The monoisotopic (exact) mass is 460 g/mol. The van der Waals surface area contributed by atoms with Gasteiger partial charge in [0.05, 0.1) is 16.8 Å². The van der Waals surface area contributed by atoms with E-state index in [1.807, 2.05) is 6.92 Å². The first-order valence-corrected chi connectivity index (χ1v) is 10.3. The highest BCUT2D eigenvalue weighted by molar-refractivity contribution is 6.44. The van der Waals surface area contributed by atoms with E-state index in [1.165, 1.54) is 30.7 Å². The van der Waals surface area contributed by atoms with Crippen LogP contribution in [0.3, 0.4) is 0 Å². The number of hydrogen-bond donors (Lipinski definition) is 2. The number of halogens is 2. The average Bonchev–Trinajstić information content (AvgIpc) is 2.97. The van der Waals surface area contributed by atoms with E-state index < -0.39 is 29.0 Å². The summed E-state index contributed by atoms with van der Waals surface area (Å²) in [6.07, 6.45) is 1.16. The van der Waals surface area contributed by atoms with Crippen LogP contribution in [0, 0.1) is 24.1 Å². The molecule has 0 bridgehead atoms. The highest BCUT2D eigenvalue weighted by atomic mass is 35.5. The van der Waals surface area contributed by atoms with Gasteiger partial charge in [-0.1, -0.05) is 11.6 Å². The Bertz CT molecular complexity index is 1150. The molecule has 2 N–H and O–H groups in total. The van der Waals surface area contributed by atoms with Crippen LogP contribution in [0.2, 0.25) is 5.15 Å². The molecule has 0 unspecified atom stereocenters. The summed E-state index contributed by atoms with van der Waals surface area (Å²) >= 11 is 6.32. The number of benzene rings is 1. The molecule has 2 aromatic rings. The summed E-state index contributed by atoms with van der Waals surface area (Å²) in [4.78, 5) is 38.5. The number of Topliss-reactive ketones (excluding diaryl/α,β-unsaturated/α-hetero) is 1. The van der Waals surface area contributed by atoms with Gasteiger partial charge in [0.25, 0.3) is 17.6 Å². The lowest BCUT2D eigenvalue weighted by Gasteiger charge is -2.34. The van der Waals surface area contributed by atoms with Crippen molar-refractivity contribution in [2.75, 3.05) is 18.5 Å². The normalized spacial score (nSPS) is 15.0. The first-order valence-electron chi connectivity index (χ1n) is 9.88. The highest BCUT2D eigenvalue weighted by Gasteiger charge is 2.34. The fourth-order valence-electron chi connectivity index (χ4n) is 3.64. The lowest BCUT2D eigenvalue weighted by atomic mass is 9.92. The van der Waals surface area contributed by atoms with E-state index in [0.29, 0.717) is 26.1 Å². The van der Waals surface area contributed by atoms with Gasteiger partial charge in [-0.2, -0.15) is 5.26 Å². The Morgan fingerprint density at radius 3 is 2.56 bits per heavy atom. The molecule has 2 amide bonds. The number of anilines is 1. The van der Waals surface area contributed by atoms with Crippen LogP contribution in [0.5, 0.6) is 0 Å². The van der Waals surface area contributed by atoms with Crippen molar-refractivity contribution in [2.45, 2.75) is 32.2 Å². The van der Waals surface area contributed by atoms with Crippen molar-refractivity contribution in [2.24, 2.45) is 7.05 Å². The first kappa shape index (κ1) is 23.4. The number of nitriles is 1. The molecule has 1 aliphatic heterocycles. The number of hydrogen-bond acceptors (Lipinski definition) is 5. The maximum absolute atomic E-state index is 13.5. The Balaban J connectivity index is 1.86. The fraction of sp³-hybridized carbons (Fsp3) is 0.364. The third-order valence-corrected chi connectivity index (χ3v) is 6.01. The van der Waals surface area contributed by atoms with E-state index >= 15 is 0 Å². The molecule has 0 aliphatic carbocycles. The third-order valence-electron chi connectivity index (χ3n) is 5.57. The zero-order chi connectivity index (χ0) is 23.6. The number of carbonyl (C=O) groups is 3. The minimum atomic E-state index is -0.813. The van der Waals surface area contributed by atoms with Gasteiger partial charge in [-0.25, -0.2) is 4.39 Å². The summed E-state index contributed by atoms with van der Waals surface area (Å²) in [5, 5.41) is 14.2. The number of nitrogens with one attached hydrogen (secondary N) is 2. The van der Waals surface area contributed by atoms with Crippen molar-refractivity contribution >= 4 is 34.9 Å². The predicted molar refractivity (Wildman–Crippen MR) is 115 cm³/mol. The van der Waals surface area contributed by atoms with Crippen molar-refractivity contribution in [1.82, 2.24) is 9.88 Å². The van der Waals surface area contributed by atoms with Gasteiger partial charge >= 0.3 is 0 Å². The topological polar surface area (TPSA) is 113 Å². The third kappa shape index (κ3) is 4.52. The lowest BCUT2D eigenvalue weighted by molar-refractivity contribution is -0.119. The number of carbonyl (C=O) groups excluding carboxylic acids is 3. The van der Waals surface area contributed by atoms with Crippen molar-refractivity contribution in [1.29, 1.82) is 5.26 Å². The van der Waals surface area contributed by atoms with Crippen LogP contribution < -0.4 is 10.6 Å². The molecule has 0 atom stereocenters. The van der Waals surface area contributed by atoms with E-state index in [2.05, 4.69) is 10.6 Å². The largest absolute Gasteiger partial charge is 0.381 e. The molecular formula is C22H22ClFN4O4. The molecule has 32 heavy (non-hydrogen) atoms. The molecule has 1 aromatic carbocycles. The zero-order valence-electron chi connectivity index (χ0n) is 17.8. The molecular weight excluding hydrogens is 439 g/mol. The average molecular weight is 461 g/mol. The molecule has 3 rings (SSSR count). The Morgan fingerprint density at radius 1 is 1.28 bits per heavy atom. The number of ketones is 1. The van der Waals surface area contributed by atoms with Crippen molar-refractivity contribution in [3.63, 3.8) is 0 Å². The van der Waals surface area contributed by atoms with E-state index in [-0.39, 0.29) is 33.2 Å². The van der Waals surface area contributed by atoms with Crippen LogP contribution in [0.25, 0.3) is 0 Å². The quantitative estimate of drug-likeness (QED) is 0.525. The maximum atomic E-state index is 13.5. The van der Waals surface area contributed by atoms with Gasteiger partial charge in [0.2, 0.25) is 0 Å². The second kappa shape index (κ2) is 9.10. The number of nitrogens with zero attached hydrogens (tertiary/aromatic N) is 2.